The van der Waals surface area contributed by atoms with Crippen LogP contribution in [0.5, 0.6) is 11.5 Å². The summed E-state index contributed by atoms with van der Waals surface area (Å²) in [6, 6.07) is 77.8. The van der Waals surface area contributed by atoms with Crippen LogP contribution < -0.4 is 4.74 Å². The van der Waals surface area contributed by atoms with Gasteiger partial charge in [0.15, 0.2) is 5.69 Å². The van der Waals surface area contributed by atoms with Crippen molar-refractivity contribution in [3.05, 3.63) is 264 Å². The van der Waals surface area contributed by atoms with E-state index in [1.165, 1.54) is 27.2 Å². The predicted molar refractivity (Wildman–Crippen MR) is 294 cm³/mol. The number of hydrogen-bond acceptors (Lipinski definition) is 3. The third kappa shape index (κ3) is 5.36. The maximum atomic E-state index is 7.80. The van der Waals surface area contributed by atoms with E-state index in [1.807, 2.05) is 36.7 Å². The van der Waals surface area contributed by atoms with Gasteiger partial charge in [-0.25, -0.2) is 4.85 Å². The van der Waals surface area contributed by atoms with Crippen LogP contribution >= 0.6 is 0 Å². The molecule has 0 N–H and O–H groups in total. The number of rotatable bonds is 4. The third-order valence-electron chi connectivity index (χ3n) is 15.6. The molecule has 6 heterocycles. The highest BCUT2D eigenvalue weighted by Crippen LogP contribution is 2.62. The smallest absolute Gasteiger partial charge is 0.188 e. The second-order valence-corrected chi connectivity index (χ2v) is 19.2. The lowest BCUT2D eigenvalue weighted by molar-refractivity contribution is 0.436. The zero-order valence-corrected chi connectivity index (χ0v) is 39.0. The first-order chi connectivity index (χ1) is 36.2. The first-order valence-electron chi connectivity index (χ1n) is 24.6. The van der Waals surface area contributed by atoms with Gasteiger partial charge in [0.05, 0.1) is 68.4 Å². The van der Waals surface area contributed by atoms with Crippen LogP contribution in [0.4, 0.5) is 5.69 Å². The van der Waals surface area contributed by atoms with E-state index < -0.39 is 5.41 Å². The molecule has 7 heteroatoms. The van der Waals surface area contributed by atoms with Gasteiger partial charge in [0, 0.05) is 72.3 Å². The van der Waals surface area contributed by atoms with Gasteiger partial charge in [-0.1, -0.05) is 127 Å². The highest BCUT2D eigenvalue weighted by molar-refractivity contribution is 6.12. The van der Waals surface area contributed by atoms with Crippen molar-refractivity contribution >= 4 is 71.1 Å². The van der Waals surface area contributed by atoms with E-state index in [0.29, 0.717) is 5.69 Å². The van der Waals surface area contributed by atoms with Crippen LogP contribution in [0.3, 0.4) is 0 Å². The molecule has 7 nitrogen and oxygen atoms in total. The topological polar surface area (TPSA) is 54.2 Å². The number of aromatic nitrogens is 5. The Hall–Kier alpha value is -10.0. The SMILES string of the molecule is [C-]#[N+]c1ccc2c(c1)c1ccccc1n2-c1cnc2c(c1)C1(c3ccccc3Oc3ccccc31)c1cc(-c3ccc4c(c3)c3ccccc3n4-c3cccc(-n4c5ccccc5c5ccccc54)c3)cnc1-2. The summed E-state index contributed by atoms with van der Waals surface area (Å²) in [4.78, 5) is 14.6. The Balaban J connectivity index is 0.893. The molecule has 9 aromatic carbocycles. The van der Waals surface area contributed by atoms with Gasteiger partial charge >= 0.3 is 0 Å². The van der Waals surface area contributed by atoms with Crippen LogP contribution in [0.1, 0.15) is 22.3 Å². The van der Waals surface area contributed by atoms with E-state index in [0.717, 1.165) is 112 Å². The van der Waals surface area contributed by atoms with Crippen molar-refractivity contribution in [2.24, 2.45) is 0 Å². The molecule has 1 aliphatic heterocycles. The van der Waals surface area contributed by atoms with E-state index in [-0.39, 0.29) is 0 Å². The molecular formula is C66H38N6O. The highest BCUT2D eigenvalue weighted by Gasteiger charge is 2.53. The van der Waals surface area contributed by atoms with Crippen molar-refractivity contribution in [3.8, 4) is 51.1 Å². The van der Waals surface area contributed by atoms with E-state index in [2.05, 4.69) is 213 Å². The van der Waals surface area contributed by atoms with E-state index in [4.69, 9.17) is 21.3 Å². The van der Waals surface area contributed by atoms with Crippen LogP contribution in [0.25, 0.3) is 110 Å². The minimum Gasteiger partial charge on any atom is -0.457 e. The molecule has 14 aromatic rings. The monoisotopic (exact) mass is 930 g/mol. The average Bonchev–Trinajstić information content (AvgIpc) is 4.17. The highest BCUT2D eigenvalue weighted by atomic mass is 16.5. The lowest BCUT2D eigenvalue weighted by Gasteiger charge is -2.39. The molecule has 338 valence electrons. The summed E-state index contributed by atoms with van der Waals surface area (Å²) in [7, 11) is 0. The zero-order chi connectivity index (χ0) is 47.9. The van der Waals surface area contributed by atoms with Gasteiger partial charge in [0.2, 0.25) is 0 Å². The first kappa shape index (κ1) is 39.8. The third-order valence-corrected chi connectivity index (χ3v) is 15.6. The molecule has 1 aliphatic carbocycles. The van der Waals surface area contributed by atoms with Gasteiger partial charge < -0.3 is 18.4 Å². The van der Waals surface area contributed by atoms with Crippen LogP contribution in [-0.2, 0) is 5.41 Å². The Morgan fingerprint density at radius 1 is 0.356 bits per heavy atom. The number of fused-ring (bicyclic) bond motifs is 18. The quantitative estimate of drug-likeness (QED) is 0.165. The largest absolute Gasteiger partial charge is 0.457 e. The number of hydrogen-bond donors (Lipinski definition) is 0. The van der Waals surface area contributed by atoms with Crippen LogP contribution in [0, 0.1) is 6.57 Å². The summed E-state index contributed by atoms with van der Waals surface area (Å²) >= 11 is 0. The van der Waals surface area contributed by atoms with Crippen LogP contribution in [0.2, 0.25) is 0 Å². The molecule has 0 amide bonds. The average molecular weight is 931 g/mol. The number of pyridine rings is 2. The zero-order valence-electron chi connectivity index (χ0n) is 39.0. The minimum atomic E-state index is -0.820. The van der Waals surface area contributed by atoms with Crippen molar-refractivity contribution in [2.45, 2.75) is 5.41 Å². The van der Waals surface area contributed by atoms with Crippen molar-refractivity contribution < 1.29 is 4.74 Å². The molecule has 0 saturated heterocycles. The molecular weight excluding hydrogens is 893 g/mol. The Labute approximate surface area is 418 Å². The second kappa shape index (κ2) is 14.8. The van der Waals surface area contributed by atoms with Gasteiger partial charge in [-0.15, -0.1) is 0 Å². The van der Waals surface area contributed by atoms with Gasteiger partial charge in [-0.3, -0.25) is 9.97 Å². The molecule has 2 aliphatic rings. The molecule has 0 unspecified atom stereocenters. The number of benzene rings is 9. The molecule has 5 aromatic heterocycles. The van der Waals surface area contributed by atoms with Crippen LogP contribution in [-0.4, -0.2) is 23.7 Å². The van der Waals surface area contributed by atoms with Gasteiger partial charge in [0.25, 0.3) is 0 Å². The molecule has 16 rings (SSSR count). The predicted octanol–water partition coefficient (Wildman–Crippen LogP) is 16.5. The number of ether oxygens (including phenoxy) is 1. The number of nitrogens with zero attached hydrogens (tertiary/aromatic N) is 6. The second-order valence-electron chi connectivity index (χ2n) is 19.2. The molecule has 0 radical (unpaired) electrons. The Bertz CT molecular complexity index is 4660. The summed E-state index contributed by atoms with van der Waals surface area (Å²) in [6.07, 6.45) is 4.00. The Morgan fingerprint density at radius 3 is 1.41 bits per heavy atom. The Morgan fingerprint density at radius 2 is 0.822 bits per heavy atom. The van der Waals surface area contributed by atoms with Crippen molar-refractivity contribution in [1.29, 1.82) is 0 Å². The standard InChI is InChI=1S/C66H38N6O/c1-67-42-30-32-61-51(35-42)49-20-5-11-26-59(49)72(61)45-37-55-65(69-39-45)64-54(66(55)52-21-6-12-27-62(52)73-63-28-13-7-22-53(63)66)34-41(38-68-64)40-29-31-60-50(33-40)48-19-4-10-25-58(48)71(60)44-16-14-15-43(36-44)70-56-23-8-2-17-46(56)47-18-3-9-24-57(47)70/h2-39H. The lowest BCUT2D eigenvalue weighted by Crippen LogP contribution is -2.32. The molecule has 1 spiro atoms. The Kier molecular flexibility index (Phi) is 8.04. The number of para-hydroxylation sites is 6. The van der Waals surface area contributed by atoms with E-state index in [9.17, 15) is 0 Å². The van der Waals surface area contributed by atoms with E-state index >= 15 is 0 Å². The fourth-order valence-electron chi connectivity index (χ4n) is 12.6. The molecule has 0 atom stereocenters. The summed E-state index contributed by atoms with van der Waals surface area (Å²) in [5.41, 5.74) is 17.6. The fourth-order valence-corrected chi connectivity index (χ4v) is 12.6. The van der Waals surface area contributed by atoms with Gasteiger partial charge in [0.1, 0.15) is 11.5 Å². The summed E-state index contributed by atoms with van der Waals surface area (Å²) in [5.74, 6) is 1.60. The summed E-state index contributed by atoms with van der Waals surface area (Å²) in [6.45, 7) is 7.80. The molecule has 0 bridgehead atoms. The normalized spacial score (nSPS) is 13.1. The summed E-state index contributed by atoms with van der Waals surface area (Å²) in [5, 5.41) is 6.94. The maximum Gasteiger partial charge on any atom is 0.188 e. The maximum absolute atomic E-state index is 7.80. The fraction of sp³-hybridized carbons (Fsp3) is 0.0152. The minimum absolute atomic E-state index is 0.611. The lowest BCUT2D eigenvalue weighted by atomic mass is 9.66. The molecule has 73 heavy (non-hydrogen) atoms. The summed E-state index contributed by atoms with van der Waals surface area (Å²) < 4.78 is 13.8. The van der Waals surface area contributed by atoms with Crippen molar-refractivity contribution in [3.63, 3.8) is 0 Å². The van der Waals surface area contributed by atoms with E-state index in [1.54, 1.807) is 0 Å². The van der Waals surface area contributed by atoms with Gasteiger partial charge in [-0.05, 0) is 102 Å². The van der Waals surface area contributed by atoms with Crippen molar-refractivity contribution in [2.75, 3.05) is 0 Å². The molecule has 0 fully saturated rings. The van der Waals surface area contributed by atoms with Crippen LogP contribution in [0.15, 0.2) is 231 Å². The van der Waals surface area contributed by atoms with Crippen molar-refractivity contribution in [1.82, 2.24) is 23.7 Å². The molecule has 0 saturated carbocycles. The van der Waals surface area contributed by atoms with Gasteiger partial charge in [-0.2, -0.15) is 0 Å². The first-order valence-corrected chi connectivity index (χ1v) is 24.6.